The fourth-order valence-electron chi connectivity index (χ4n) is 2.62. The first-order chi connectivity index (χ1) is 10.8. The van der Waals surface area contributed by atoms with Gasteiger partial charge in [0.15, 0.2) is 5.82 Å². The van der Waals surface area contributed by atoms with E-state index < -0.39 is 0 Å². The molecule has 0 fully saturated rings. The molecule has 0 aromatic carbocycles. The molecule has 22 heavy (non-hydrogen) atoms. The van der Waals surface area contributed by atoms with Crippen molar-refractivity contribution in [2.45, 2.75) is 32.4 Å². The molecule has 1 unspecified atom stereocenters. The zero-order valence-electron chi connectivity index (χ0n) is 12.4. The van der Waals surface area contributed by atoms with Crippen LogP contribution in [-0.4, -0.2) is 38.2 Å². The molecule has 1 aliphatic heterocycles. The Balaban J connectivity index is 1.57. The zero-order chi connectivity index (χ0) is 15.4. The number of hydrogen-bond donors (Lipinski definition) is 1. The van der Waals surface area contributed by atoms with E-state index in [9.17, 15) is 4.79 Å². The molecule has 0 saturated heterocycles. The molecule has 2 aromatic heterocycles. The molecule has 0 aliphatic carbocycles. The molecule has 0 spiro atoms. The van der Waals surface area contributed by atoms with Crippen LogP contribution in [0.15, 0.2) is 18.3 Å². The van der Waals surface area contributed by atoms with Crippen molar-refractivity contribution in [3.05, 3.63) is 29.8 Å². The molecule has 116 valence electrons. The first-order valence-corrected chi connectivity index (χ1v) is 7.28. The fraction of sp³-hybridized carbons (Fsp3) is 0.500. The average Bonchev–Trinajstić information content (AvgIpc) is 2.91. The number of hydrogen-bond acceptors (Lipinski definition) is 6. The van der Waals surface area contributed by atoms with Gasteiger partial charge in [0.25, 0.3) is 0 Å². The molecule has 1 amide bonds. The smallest absolute Gasteiger partial charge is 0.223 e. The van der Waals surface area contributed by atoms with Gasteiger partial charge in [0.1, 0.15) is 11.4 Å². The van der Waals surface area contributed by atoms with E-state index in [1.807, 2.05) is 6.07 Å². The number of amides is 1. The van der Waals surface area contributed by atoms with Gasteiger partial charge in [-0.15, -0.1) is 5.10 Å². The number of aromatic nitrogens is 5. The van der Waals surface area contributed by atoms with Crippen molar-refractivity contribution in [2.75, 3.05) is 7.11 Å². The van der Waals surface area contributed by atoms with Crippen LogP contribution in [0.3, 0.4) is 0 Å². The summed E-state index contributed by atoms with van der Waals surface area (Å²) in [6.45, 7) is 1.04. The first-order valence-electron chi connectivity index (χ1n) is 7.28. The quantitative estimate of drug-likeness (QED) is 0.875. The number of methoxy groups -OCH3 is 1. The number of nitrogens with zero attached hydrogens (tertiary/aromatic N) is 5. The van der Waals surface area contributed by atoms with Crippen LogP contribution < -0.4 is 10.1 Å². The van der Waals surface area contributed by atoms with Crippen molar-refractivity contribution in [2.24, 2.45) is 5.92 Å². The van der Waals surface area contributed by atoms with E-state index in [2.05, 4.69) is 25.8 Å². The standard InChI is InChI=1S/C14H18N6O2/c1-22-12-3-2-7-15-11(12)9-16-14(21)10-4-5-13-17-18-19-20(13)8-6-10/h2-3,7,10H,4-6,8-9H2,1H3,(H,16,21). The Morgan fingerprint density at radius 2 is 2.41 bits per heavy atom. The predicted molar refractivity (Wildman–Crippen MR) is 76.9 cm³/mol. The van der Waals surface area contributed by atoms with E-state index in [-0.39, 0.29) is 11.8 Å². The van der Waals surface area contributed by atoms with Crippen LogP contribution in [0.5, 0.6) is 5.75 Å². The summed E-state index contributed by atoms with van der Waals surface area (Å²) >= 11 is 0. The van der Waals surface area contributed by atoms with Gasteiger partial charge in [0, 0.05) is 25.1 Å². The normalized spacial score (nSPS) is 17.4. The number of aryl methyl sites for hydroxylation is 2. The van der Waals surface area contributed by atoms with Gasteiger partial charge in [-0.05, 0) is 35.4 Å². The van der Waals surface area contributed by atoms with E-state index in [4.69, 9.17) is 4.74 Å². The third-order valence-electron chi connectivity index (χ3n) is 3.88. The number of pyridine rings is 1. The fourth-order valence-corrected chi connectivity index (χ4v) is 2.62. The van der Waals surface area contributed by atoms with Crippen LogP contribution in [0, 0.1) is 5.92 Å². The zero-order valence-corrected chi connectivity index (χ0v) is 12.4. The molecule has 1 N–H and O–H groups in total. The number of rotatable bonds is 4. The average molecular weight is 302 g/mol. The topological polar surface area (TPSA) is 94.8 Å². The molecular formula is C14H18N6O2. The van der Waals surface area contributed by atoms with Crippen molar-refractivity contribution in [3.63, 3.8) is 0 Å². The third kappa shape index (κ3) is 3.05. The van der Waals surface area contributed by atoms with Gasteiger partial charge in [-0.3, -0.25) is 9.78 Å². The predicted octanol–water partition coefficient (Wildman–Crippen LogP) is 0.346. The van der Waals surface area contributed by atoms with Crippen molar-refractivity contribution in [1.29, 1.82) is 0 Å². The summed E-state index contributed by atoms with van der Waals surface area (Å²) in [4.78, 5) is 16.6. The summed E-state index contributed by atoms with van der Waals surface area (Å²) in [6.07, 6.45) is 3.90. The van der Waals surface area contributed by atoms with E-state index >= 15 is 0 Å². The Kier molecular flexibility index (Phi) is 4.27. The molecule has 0 radical (unpaired) electrons. The summed E-state index contributed by atoms with van der Waals surface area (Å²) in [5, 5.41) is 14.5. The third-order valence-corrected chi connectivity index (χ3v) is 3.88. The highest BCUT2D eigenvalue weighted by Gasteiger charge is 2.23. The lowest BCUT2D eigenvalue weighted by atomic mass is 9.99. The minimum atomic E-state index is -0.0433. The van der Waals surface area contributed by atoms with E-state index in [1.54, 1.807) is 24.1 Å². The Morgan fingerprint density at radius 1 is 1.50 bits per heavy atom. The van der Waals surface area contributed by atoms with Crippen molar-refractivity contribution >= 4 is 5.91 Å². The first kappa shape index (κ1) is 14.4. The van der Waals surface area contributed by atoms with Crippen LogP contribution in [0.1, 0.15) is 24.4 Å². The van der Waals surface area contributed by atoms with Gasteiger partial charge in [-0.1, -0.05) is 0 Å². The Morgan fingerprint density at radius 3 is 3.27 bits per heavy atom. The van der Waals surface area contributed by atoms with Crippen LogP contribution in [0.4, 0.5) is 0 Å². The molecule has 0 bridgehead atoms. The molecule has 8 heteroatoms. The van der Waals surface area contributed by atoms with E-state index in [0.717, 1.165) is 30.8 Å². The number of ether oxygens (including phenoxy) is 1. The van der Waals surface area contributed by atoms with Gasteiger partial charge < -0.3 is 10.1 Å². The van der Waals surface area contributed by atoms with Gasteiger partial charge in [0.05, 0.1) is 13.7 Å². The maximum absolute atomic E-state index is 12.4. The van der Waals surface area contributed by atoms with Crippen LogP contribution in [-0.2, 0) is 24.3 Å². The molecular weight excluding hydrogens is 284 g/mol. The lowest BCUT2D eigenvalue weighted by Crippen LogP contribution is -2.31. The monoisotopic (exact) mass is 302 g/mol. The van der Waals surface area contributed by atoms with Gasteiger partial charge >= 0.3 is 0 Å². The highest BCUT2D eigenvalue weighted by Crippen LogP contribution is 2.19. The van der Waals surface area contributed by atoms with E-state index in [0.29, 0.717) is 18.8 Å². The molecule has 8 nitrogen and oxygen atoms in total. The number of carbonyl (C=O) groups excluding carboxylic acids is 1. The van der Waals surface area contributed by atoms with Gasteiger partial charge in [-0.2, -0.15) is 0 Å². The van der Waals surface area contributed by atoms with Crippen LogP contribution in [0.25, 0.3) is 0 Å². The van der Waals surface area contributed by atoms with Crippen LogP contribution >= 0.6 is 0 Å². The largest absolute Gasteiger partial charge is 0.495 e. The maximum Gasteiger partial charge on any atom is 0.223 e. The summed E-state index contributed by atoms with van der Waals surface area (Å²) in [6, 6.07) is 3.63. The second-order valence-electron chi connectivity index (χ2n) is 5.21. The second-order valence-corrected chi connectivity index (χ2v) is 5.21. The minimum absolute atomic E-state index is 0.0337. The maximum atomic E-state index is 12.4. The van der Waals surface area contributed by atoms with Crippen molar-refractivity contribution in [1.82, 2.24) is 30.5 Å². The lowest BCUT2D eigenvalue weighted by Gasteiger charge is -2.14. The summed E-state index contributed by atoms with van der Waals surface area (Å²) < 4.78 is 7.01. The van der Waals surface area contributed by atoms with Crippen LogP contribution in [0.2, 0.25) is 0 Å². The molecule has 2 aromatic rings. The highest BCUT2D eigenvalue weighted by atomic mass is 16.5. The summed E-state index contributed by atoms with van der Waals surface area (Å²) in [5.41, 5.74) is 0.728. The Labute approximate surface area is 127 Å². The number of tetrazole rings is 1. The van der Waals surface area contributed by atoms with Crippen molar-refractivity contribution < 1.29 is 9.53 Å². The minimum Gasteiger partial charge on any atom is -0.495 e. The van der Waals surface area contributed by atoms with Gasteiger partial charge in [0.2, 0.25) is 5.91 Å². The summed E-state index contributed by atoms with van der Waals surface area (Å²) in [5.74, 6) is 1.52. The van der Waals surface area contributed by atoms with Gasteiger partial charge in [-0.25, -0.2) is 4.68 Å². The SMILES string of the molecule is COc1cccnc1CNC(=O)C1CCc2nnnn2CC1. The number of nitrogens with one attached hydrogen (secondary N) is 1. The Bertz CT molecular complexity index is 634. The van der Waals surface area contributed by atoms with Crippen molar-refractivity contribution in [3.8, 4) is 5.75 Å². The second kappa shape index (κ2) is 6.50. The Hall–Kier alpha value is -2.51. The molecule has 1 aliphatic rings. The highest BCUT2D eigenvalue weighted by molar-refractivity contribution is 5.78. The molecule has 3 heterocycles. The molecule has 1 atom stereocenters. The number of carbonyl (C=O) groups is 1. The lowest BCUT2D eigenvalue weighted by molar-refractivity contribution is -0.125. The summed E-state index contributed by atoms with van der Waals surface area (Å²) in [7, 11) is 1.59. The van der Waals surface area contributed by atoms with E-state index in [1.165, 1.54) is 0 Å². The molecule has 3 rings (SSSR count). The number of fused-ring (bicyclic) bond motifs is 1. The molecule has 0 saturated carbocycles.